The van der Waals surface area contributed by atoms with E-state index in [2.05, 4.69) is 48.0 Å². The fraction of sp³-hybridized carbons (Fsp3) is 0.476. The molecule has 17 nitrogen and oxygen atoms in total. The summed E-state index contributed by atoms with van der Waals surface area (Å²) in [7, 11) is 0. The second-order valence-electron chi connectivity index (χ2n) is 15.9. The molecule has 0 spiro atoms. The topological polar surface area (TPSA) is 196 Å². The van der Waals surface area contributed by atoms with Crippen molar-refractivity contribution in [3.63, 3.8) is 0 Å². The van der Waals surface area contributed by atoms with Gasteiger partial charge in [0.15, 0.2) is 0 Å². The molecule has 0 unspecified atom stereocenters. The van der Waals surface area contributed by atoms with Crippen molar-refractivity contribution >= 4 is 69.8 Å². The van der Waals surface area contributed by atoms with Crippen LogP contribution in [0.15, 0.2) is 55.1 Å². The molecule has 4 aliphatic rings. The van der Waals surface area contributed by atoms with Gasteiger partial charge in [0, 0.05) is 75.4 Å². The molecule has 4 aromatic rings. The number of nitrogens with one attached hydrogen (secondary N) is 2. The third-order valence-corrected chi connectivity index (χ3v) is 12.5. The number of rotatable bonds is 8. The van der Waals surface area contributed by atoms with Gasteiger partial charge in [0.1, 0.15) is 11.9 Å². The van der Waals surface area contributed by atoms with Crippen LogP contribution < -0.4 is 25.3 Å². The monoisotopic (exact) mass is 838 g/mol. The number of carboxylic acid groups (broad SMARTS) is 1. The quantitative estimate of drug-likeness (QED) is 0.187. The minimum absolute atomic E-state index is 0.0287. The smallest absolute Gasteiger partial charge is 0.328 e. The van der Waals surface area contributed by atoms with Gasteiger partial charge in [-0.15, -0.1) is 0 Å². The highest BCUT2D eigenvalue weighted by Crippen LogP contribution is 2.33. The minimum Gasteiger partial charge on any atom is -0.483 e. The summed E-state index contributed by atoms with van der Waals surface area (Å²) in [6.07, 6.45) is 12.8. The molecule has 316 valence electrons. The van der Waals surface area contributed by atoms with Crippen molar-refractivity contribution in [2.75, 3.05) is 72.4 Å². The van der Waals surface area contributed by atoms with E-state index in [9.17, 15) is 19.6 Å². The van der Waals surface area contributed by atoms with E-state index in [-0.39, 0.29) is 43.0 Å². The van der Waals surface area contributed by atoms with E-state index in [1.54, 1.807) is 23.4 Å². The molecule has 0 aliphatic carbocycles. The first-order valence-electron chi connectivity index (χ1n) is 20.5. The van der Waals surface area contributed by atoms with Crippen LogP contribution in [0.5, 0.6) is 0 Å². The van der Waals surface area contributed by atoms with Gasteiger partial charge in [-0.25, -0.2) is 14.6 Å². The summed E-state index contributed by atoms with van der Waals surface area (Å²) in [5, 5.41) is 27.6. The molecular weight excluding hydrogens is 788 g/mol. The number of anilines is 4. The number of piperazine rings is 1. The van der Waals surface area contributed by atoms with E-state index in [1.165, 1.54) is 6.42 Å². The van der Waals surface area contributed by atoms with Gasteiger partial charge in [-0.05, 0) is 88.7 Å². The highest BCUT2D eigenvalue weighted by atomic mass is 35.5. The number of amides is 5. The minimum atomic E-state index is -0.415. The number of piperidine rings is 2. The Morgan fingerprint density at radius 2 is 1.77 bits per heavy atom. The first kappa shape index (κ1) is 42.1. The molecule has 4 fully saturated rings. The average molecular weight is 839 g/mol. The van der Waals surface area contributed by atoms with Crippen LogP contribution in [0.2, 0.25) is 5.02 Å². The van der Waals surface area contributed by atoms with E-state index in [0.29, 0.717) is 47.5 Å². The standard InChI is InChI=1S/C41H49ClN12O3.CH2O2/c1-27-26-53(28(2)25-52(27)33-5-3-30(20-43)35(42)19-33)40(56)47-31-4-6-38(45-21-31)50-16-8-29(9-17-50)7-13-49-14-10-32(11-15-49)54-37-24-44-23-36(34(37)22-46-54)51-18-12-39(55)48-41(51)57;2-1-3/h3-6,19,21-24,27-29,32H,7-18,25-26H2,1-2H3,(H,47,56)(H,48,55,57);1H,(H,2,3)/t27-,28+;/m1./s1. The van der Waals surface area contributed by atoms with Crippen molar-refractivity contribution < 1.29 is 24.3 Å². The molecule has 60 heavy (non-hydrogen) atoms. The fourth-order valence-corrected chi connectivity index (χ4v) is 9.05. The predicted octanol–water partition coefficient (Wildman–Crippen LogP) is 5.57. The number of hydrogen-bond acceptors (Lipinski definition) is 11. The largest absolute Gasteiger partial charge is 0.483 e. The zero-order valence-corrected chi connectivity index (χ0v) is 34.7. The summed E-state index contributed by atoms with van der Waals surface area (Å²) in [5.41, 5.74) is 3.68. The Balaban J connectivity index is 0.00000176. The molecule has 7 heterocycles. The van der Waals surface area contributed by atoms with Crippen LogP contribution in [0.1, 0.15) is 64.0 Å². The van der Waals surface area contributed by atoms with Gasteiger partial charge in [-0.3, -0.25) is 29.5 Å². The Morgan fingerprint density at radius 3 is 2.45 bits per heavy atom. The Bertz CT molecular complexity index is 2210. The number of likely N-dealkylation sites (tertiary alicyclic amines) is 1. The number of carbonyl (C=O) groups excluding carboxylic acids is 3. The molecule has 3 aromatic heterocycles. The molecule has 5 amide bonds. The number of fused-ring (bicyclic) bond motifs is 1. The SMILES string of the molecule is C[C@@H]1CN(C(=O)Nc2ccc(N3CCC(CCN4CCC(n5ncc6c(N7CCC(=O)NC7=O)cncc65)CC4)CC3)nc2)[C@@H](C)CN1c1ccc(C#N)c(Cl)c1.O=CO. The molecule has 18 heteroatoms. The number of nitrogens with zero attached hydrogens (tertiary/aromatic N) is 10. The third kappa shape index (κ3) is 9.40. The zero-order chi connectivity index (χ0) is 42.3. The number of aromatic nitrogens is 4. The first-order valence-corrected chi connectivity index (χ1v) is 20.9. The molecule has 8 rings (SSSR count). The van der Waals surface area contributed by atoms with Gasteiger partial charge < -0.3 is 30.0 Å². The molecule has 0 bridgehead atoms. The van der Waals surface area contributed by atoms with Crippen molar-refractivity contribution in [3.05, 3.63) is 65.7 Å². The van der Waals surface area contributed by atoms with Crippen LogP contribution in [0.25, 0.3) is 10.9 Å². The Morgan fingerprint density at radius 1 is 1.00 bits per heavy atom. The predicted molar refractivity (Wildman–Crippen MR) is 228 cm³/mol. The maximum atomic E-state index is 13.4. The number of nitriles is 1. The molecular formula is C42H51ClN12O5. The number of hydrogen-bond donors (Lipinski definition) is 3. The van der Waals surface area contributed by atoms with Gasteiger partial charge in [-0.1, -0.05) is 11.6 Å². The number of imide groups is 1. The molecule has 4 saturated heterocycles. The lowest BCUT2D eigenvalue weighted by atomic mass is 9.93. The maximum absolute atomic E-state index is 13.4. The zero-order valence-electron chi connectivity index (χ0n) is 33.9. The summed E-state index contributed by atoms with van der Waals surface area (Å²) in [5.74, 6) is 1.36. The number of pyridine rings is 2. The molecule has 4 aliphatic heterocycles. The Kier molecular flexibility index (Phi) is 13.3. The molecule has 3 N–H and O–H groups in total. The fourth-order valence-electron chi connectivity index (χ4n) is 8.83. The normalized spacial score (nSPS) is 20.6. The van der Waals surface area contributed by atoms with Crippen LogP contribution in [0.4, 0.5) is 32.5 Å². The summed E-state index contributed by atoms with van der Waals surface area (Å²) in [4.78, 5) is 65.7. The highest BCUT2D eigenvalue weighted by molar-refractivity contribution is 6.32. The lowest BCUT2D eigenvalue weighted by Crippen LogP contribution is -2.59. The highest BCUT2D eigenvalue weighted by Gasteiger charge is 2.33. The second kappa shape index (κ2) is 18.9. The first-order chi connectivity index (χ1) is 29.1. The van der Waals surface area contributed by atoms with E-state index in [4.69, 9.17) is 31.6 Å². The third-order valence-electron chi connectivity index (χ3n) is 12.2. The number of benzene rings is 1. The van der Waals surface area contributed by atoms with E-state index in [0.717, 1.165) is 80.8 Å². The van der Waals surface area contributed by atoms with Crippen molar-refractivity contribution in [3.8, 4) is 6.07 Å². The van der Waals surface area contributed by atoms with Crippen LogP contribution in [0, 0.1) is 17.2 Å². The van der Waals surface area contributed by atoms with Gasteiger partial charge in [0.25, 0.3) is 6.47 Å². The van der Waals surface area contributed by atoms with Crippen molar-refractivity contribution in [1.29, 1.82) is 5.26 Å². The molecule has 2 atom stereocenters. The second-order valence-corrected chi connectivity index (χ2v) is 16.4. The van der Waals surface area contributed by atoms with Crippen LogP contribution in [-0.2, 0) is 9.59 Å². The van der Waals surface area contributed by atoms with Crippen LogP contribution >= 0.6 is 11.6 Å². The van der Waals surface area contributed by atoms with Crippen molar-refractivity contribution in [1.82, 2.24) is 34.9 Å². The summed E-state index contributed by atoms with van der Waals surface area (Å²) in [6, 6.07) is 11.3. The average Bonchev–Trinajstić information content (AvgIpc) is 3.69. The molecule has 0 saturated carbocycles. The Labute approximate surface area is 353 Å². The number of halogens is 1. The lowest BCUT2D eigenvalue weighted by Gasteiger charge is -2.45. The summed E-state index contributed by atoms with van der Waals surface area (Å²) < 4.78 is 2.07. The van der Waals surface area contributed by atoms with Crippen molar-refractivity contribution in [2.45, 2.75) is 70.5 Å². The molecule has 0 radical (unpaired) electrons. The van der Waals surface area contributed by atoms with Crippen molar-refractivity contribution in [2.24, 2.45) is 5.92 Å². The summed E-state index contributed by atoms with van der Waals surface area (Å²) in [6.45, 7) is 10.5. The van der Waals surface area contributed by atoms with Gasteiger partial charge >= 0.3 is 12.1 Å². The van der Waals surface area contributed by atoms with E-state index in [1.807, 2.05) is 48.5 Å². The van der Waals surface area contributed by atoms with E-state index < -0.39 is 6.03 Å². The van der Waals surface area contributed by atoms with Gasteiger partial charge in [0.2, 0.25) is 5.91 Å². The lowest BCUT2D eigenvalue weighted by molar-refractivity contribution is -0.123. The number of carbonyl (C=O) groups is 4. The number of urea groups is 2. The van der Waals surface area contributed by atoms with Gasteiger partial charge in [-0.2, -0.15) is 10.4 Å². The van der Waals surface area contributed by atoms with Crippen LogP contribution in [0.3, 0.4) is 0 Å². The Hall–Kier alpha value is -5.99. The molecule has 1 aromatic carbocycles. The maximum Gasteiger partial charge on any atom is 0.328 e. The van der Waals surface area contributed by atoms with Gasteiger partial charge in [0.05, 0.1) is 58.3 Å². The summed E-state index contributed by atoms with van der Waals surface area (Å²) >= 11 is 6.31. The van der Waals surface area contributed by atoms with Crippen LogP contribution in [-0.4, -0.2) is 124 Å². The van der Waals surface area contributed by atoms with E-state index >= 15 is 0 Å².